The van der Waals surface area contributed by atoms with Gasteiger partial charge in [0.2, 0.25) is 17.8 Å². The normalized spacial score (nSPS) is 16.0. The molecule has 4 N–H and O–H groups in total. The second-order valence-corrected chi connectivity index (χ2v) is 10.6. The summed E-state index contributed by atoms with van der Waals surface area (Å²) in [6.45, 7) is 3.01. The molecule has 0 aliphatic carbocycles. The Morgan fingerprint density at radius 1 is 1.12 bits per heavy atom. The Morgan fingerprint density at radius 2 is 1.86 bits per heavy atom. The lowest BCUT2D eigenvalue weighted by atomic mass is 9.94. The lowest BCUT2D eigenvalue weighted by Crippen LogP contribution is -2.39. The highest BCUT2D eigenvalue weighted by Crippen LogP contribution is 2.30. The number of fused-ring (bicyclic) bond motifs is 6. The van der Waals surface area contributed by atoms with E-state index in [1.807, 2.05) is 35.2 Å². The molecule has 0 radical (unpaired) electrons. The summed E-state index contributed by atoms with van der Waals surface area (Å²) < 4.78 is 31.7. The van der Waals surface area contributed by atoms with Gasteiger partial charge in [-0.05, 0) is 73.1 Å². The van der Waals surface area contributed by atoms with E-state index in [9.17, 15) is 22.8 Å². The van der Waals surface area contributed by atoms with Gasteiger partial charge in [-0.1, -0.05) is 23.7 Å². The van der Waals surface area contributed by atoms with Gasteiger partial charge in [0, 0.05) is 43.5 Å². The molecule has 2 aromatic carbocycles. The van der Waals surface area contributed by atoms with Crippen LogP contribution < -0.4 is 16.0 Å². The van der Waals surface area contributed by atoms with Gasteiger partial charge in [0.15, 0.2) is 5.82 Å². The number of amides is 2. The van der Waals surface area contributed by atoms with Crippen molar-refractivity contribution in [2.45, 2.75) is 45.2 Å². The van der Waals surface area contributed by atoms with E-state index >= 15 is 0 Å². The molecule has 0 saturated carbocycles. The fourth-order valence-electron chi connectivity index (χ4n) is 4.85. The Bertz CT molecular complexity index is 1500. The molecule has 228 valence electrons. The van der Waals surface area contributed by atoms with Gasteiger partial charge >= 0.3 is 12.1 Å². The van der Waals surface area contributed by atoms with Crippen LogP contribution in [0.1, 0.15) is 37.3 Å². The molecule has 0 spiro atoms. The molecular formula is C29H30ClF3N6O4. The highest BCUT2D eigenvalue weighted by molar-refractivity contribution is 6.32. The molecule has 5 rings (SSSR count). The Labute approximate surface area is 250 Å². The van der Waals surface area contributed by atoms with E-state index in [1.54, 1.807) is 13.1 Å². The molecule has 10 nitrogen and oxygen atoms in total. The number of aliphatic carboxylic acids is 1. The largest absolute Gasteiger partial charge is 0.490 e. The van der Waals surface area contributed by atoms with Crippen molar-refractivity contribution >= 4 is 58.2 Å². The number of carboxylic acid groups (broad SMARTS) is 1. The molecule has 2 amide bonds. The first-order chi connectivity index (χ1) is 20.4. The molecule has 14 heteroatoms. The van der Waals surface area contributed by atoms with Crippen molar-refractivity contribution in [2.75, 3.05) is 29.0 Å². The molecule has 2 aliphatic rings. The first-order valence-corrected chi connectivity index (χ1v) is 13.9. The van der Waals surface area contributed by atoms with Gasteiger partial charge in [0.05, 0.1) is 6.20 Å². The number of anilines is 5. The number of alkyl halides is 3. The number of piperidine rings is 1. The van der Waals surface area contributed by atoms with Gasteiger partial charge in [0.25, 0.3) is 0 Å². The second kappa shape index (κ2) is 13.7. The summed E-state index contributed by atoms with van der Waals surface area (Å²) in [5, 5.41) is 17.2. The van der Waals surface area contributed by atoms with Crippen molar-refractivity contribution in [3.05, 3.63) is 64.8 Å². The molecule has 3 heterocycles. The Kier molecular flexibility index (Phi) is 10.1. The molecule has 1 aromatic heterocycles. The summed E-state index contributed by atoms with van der Waals surface area (Å²) in [7, 11) is 0. The molecule has 1 atom stereocenters. The minimum atomic E-state index is -5.08. The number of hydrogen-bond donors (Lipinski definition) is 4. The Morgan fingerprint density at radius 3 is 2.58 bits per heavy atom. The fourth-order valence-corrected chi connectivity index (χ4v) is 4.98. The number of likely N-dealkylation sites (tertiary alicyclic amines) is 1. The van der Waals surface area contributed by atoms with Gasteiger partial charge in [0.1, 0.15) is 5.02 Å². The number of halogens is 4. The molecule has 1 saturated heterocycles. The topological polar surface area (TPSA) is 137 Å². The van der Waals surface area contributed by atoms with E-state index in [-0.39, 0.29) is 17.7 Å². The number of carbonyl (C=O) groups is 3. The van der Waals surface area contributed by atoms with E-state index in [4.69, 9.17) is 21.5 Å². The average molecular weight is 619 g/mol. The summed E-state index contributed by atoms with van der Waals surface area (Å²) in [5.74, 6) is -1.58. The van der Waals surface area contributed by atoms with Crippen LogP contribution in [-0.4, -0.2) is 57.0 Å². The predicted octanol–water partition coefficient (Wildman–Crippen LogP) is 5.94. The van der Waals surface area contributed by atoms with Crippen LogP contribution in [0, 0.1) is 5.92 Å². The maximum atomic E-state index is 13.0. The Hall–Kier alpha value is -4.39. The van der Waals surface area contributed by atoms with Gasteiger partial charge in [-0.2, -0.15) is 18.2 Å². The van der Waals surface area contributed by atoms with Gasteiger partial charge < -0.3 is 26.0 Å². The molecule has 2 aliphatic heterocycles. The zero-order valence-corrected chi connectivity index (χ0v) is 23.9. The van der Waals surface area contributed by atoms with Crippen molar-refractivity contribution in [2.24, 2.45) is 5.92 Å². The van der Waals surface area contributed by atoms with Crippen molar-refractivity contribution in [1.82, 2.24) is 14.9 Å². The molecule has 1 fully saturated rings. The van der Waals surface area contributed by atoms with E-state index in [1.165, 1.54) is 0 Å². The SMILES string of the molecule is CC(=O)N1CCC[C@H](CC(=O)Nc2ccc3cc2CCc2cccc(c2)Nc2ncc(Cl)c(n2)N3)C1.O=C(O)C(F)(F)F. The van der Waals surface area contributed by atoms with E-state index < -0.39 is 12.1 Å². The minimum absolute atomic E-state index is 0.0278. The highest BCUT2D eigenvalue weighted by Gasteiger charge is 2.38. The zero-order valence-electron chi connectivity index (χ0n) is 23.2. The van der Waals surface area contributed by atoms with Gasteiger partial charge in [-0.15, -0.1) is 0 Å². The van der Waals surface area contributed by atoms with Gasteiger partial charge in [-0.3, -0.25) is 9.59 Å². The molecule has 43 heavy (non-hydrogen) atoms. The summed E-state index contributed by atoms with van der Waals surface area (Å²) >= 11 is 6.36. The van der Waals surface area contributed by atoms with Crippen LogP contribution in [0.15, 0.2) is 48.7 Å². The molecular weight excluding hydrogens is 589 g/mol. The molecule has 3 aromatic rings. The van der Waals surface area contributed by atoms with E-state index in [0.717, 1.165) is 60.4 Å². The van der Waals surface area contributed by atoms with Crippen molar-refractivity contribution in [1.29, 1.82) is 0 Å². The third-order valence-electron chi connectivity index (χ3n) is 6.93. The number of nitrogens with zero attached hydrogens (tertiary/aromatic N) is 3. The van der Waals surface area contributed by atoms with Crippen LogP contribution >= 0.6 is 11.6 Å². The first kappa shape index (κ1) is 31.5. The number of rotatable bonds is 3. The average Bonchev–Trinajstić information content (AvgIpc) is 2.95. The summed E-state index contributed by atoms with van der Waals surface area (Å²) in [5.41, 5.74) is 4.70. The number of aromatic nitrogens is 2. The summed E-state index contributed by atoms with van der Waals surface area (Å²) in [6, 6.07) is 14.0. The Balaban J connectivity index is 0.000000541. The van der Waals surface area contributed by atoms with E-state index in [2.05, 4.69) is 38.1 Å². The lowest BCUT2D eigenvalue weighted by Gasteiger charge is -2.31. The maximum Gasteiger partial charge on any atom is 0.490 e. The predicted molar refractivity (Wildman–Crippen MR) is 156 cm³/mol. The van der Waals surface area contributed by atoms with Crippen LogP contribution in [0.25, 0.3) is 0 Å². The number of nitrogens with one attached hydrogen (secondary N) is 3. The standard InChI is InChI=1S/C27H29ClN6O2.C2HF3O2/c1-17(35)34-11-3-5-19(16-34)13-25(36)32-24-10-9-22-14-20(24)8-7-18-4-2-6-21(12-18)31-27-29-15-23(28)26(30-22)33-27;3-2(4,5)1(6)7/h2,4,6,9-10,12,14-15,19H,3,5,7-8,11,13,16H2,1H3,(H,32,36)(H2,29,30,31,33);(H,6,7)/t19-;/m1./s1. The quantitative estimate of drug-likeness (QED) is 0.283. The van der Waals surface area contributed by atoms with Crippen LogP contribution in [0.2, 0.25) is 5.02 Å². The van der Waals surface area contributed by atoms with Gasteiger partial charge in [-0.25, -0.2) is 9.78 Å². The monoisotopic (exact) mass is 618 g/mol. The third-order valence-corrected chi connectivity index (χ3v) is 7.21. The van der Waals surface area contributed by atoms with Crippen LogP contribution in [-0.2, 0) is 27.2 Å². The van der Waals surface area contributed by atoms with Crippen LogP contribution in [0.5, 0.6) is 0 Å². The molecule has 0 unspecified atom stereocenters. The summed E-state index contributed by atoms with van der Waals surface area (Å²) in [6.07, 6.45) is 0.320. The zero-order chi connectivity index (χ0) is 31.1. The van der Waals surface area contributed by atoms with Crippen molar-refractivity contribution in [3.63, 3.8) is 0 Å². The second-order valence-electron chi connectivity index (χ2n) is 10.2. The van der Waals surface area contributed by atoms with Crippen molar-refractivity contribution < 1.29 is 32.7 Å². The van der Waals surface area contributed by atoms with E-state index in [0.29, 0.717) is 29.8 Å². The lowest BCUT2D eigenvalue weighted by molar-refractivity contribution is -0.192. The maximum absolute atomic E-state index is 13.0. The first-order valence-electron chi connectivity index (χ1n) is 13.5. The highest BCUT2D eigenvalue weighted by atomic mass is 35.5. The van der Waals surface area contributed by atoms with Crippen LogP contribution in [0.4, 0.5) is 42.0 Å². The smallest absolute Gasteiger partial charge is 0.475 e. The minimum Gasteiger partial charge on any atom is -0.475 e. The fraction of sp³-hybridized carbons (Fsp3) is 0.345. The number of benzene rings is 2. The number of carbonyl (C=O) groups excluding carboxylic acids is 2. The molecule has 6 bridgehead atoms. The van der Waals surface area contributed by atoms with Crippen molar-refractivity contribution in [3.8, 4) is 0 Å². The summed E-state index contributed by atoms with van der Waals surface area (Å²) in [4.78, 5) is 44.3. The number of carboxylic acids is 1. The number of hydrogen-bond acceptors (Lipinski definition) is 7. The van der Waals surface area contributed by atoms with Crippen LogP contribution in [0.3, 0.4) is 0 Å². The number of aryl methyl sites for hydroxylation is 2. The third kappa shape index (κ3) is 9.05.